The molecule has 22 rings (SSSR count). The minimum atomic E-state index is 0.488. The second-order valence-corrected chi connectivity index (χ2v) is 34.8. The molecule has 9 aromatic carbocycles. The van der Waals surface area contributed by atoms with Crippen LogP contribution in [0.3, 0.4) is 0 Å². The summed E-state index contributed by atoms with van der Waals surface area (Å²) in [5.41, 5.74) is 37.4. The standard InChI is InChI=1S/C22H22NO.C21H21N2O.C20H20N.C19H16NO.C18H15N2O.C18H17N2/c1-14(2)16-11-12-23(4)19(13-16)21-15(3)9-10-18-17-7-5-6-8-20(17)24-22(18)21;1-13(2)15-9-11-23(4)18(12-15)19-14(3)7-8-16-17-6-5-10-22-21(17)24-20(16)19;1-15-8-10-17(11-9-15)18-12-13-21(3)20(14-18)19-7-5-4-6-16(19)2;1-13-10-11-15-14-7-3-4-9-17(14)21-19(15)18(13)16-8-5-6-12-20(16)2;1-12-8-9-13-14-6-5-10-19-18(14)21-17(13)16(12)15-7-3-4-11-20(15)2;1-14-7-3-4-8-16(14)18-13-15(10-12-20(18)2)17-9-5-6-11-19-17/h5-14H,1-4H3;5-13H,1-4H3;4-14H,1-3H3;3-12H,1-2H3;3-11H,1-2H3;3-13H,1-2H3/q6*+1. The molecule has 0 aliphatic heterocycles. The Labute approximate surface area is 766 Å². The number of para-hydroxylation sites is 2. The molecule has 0 amide bonds. The summed E-state index contributed by atoms with van der Waals surface area (Å²) in [5, 5.41) is 9.07. The van der Waals surface area contributed by atoms with Gasteiger partial charge in [0.15, 0.2) is 48.3 Å². The van der Waals surface area contributed by atoms with Crippen LogP contribution in [-0.4, -0.2) is 15.0 Å². The minimum Gasteiger partial charge on any atom is -0.455 e. The van der Waals surface area contributed by atoms with Gasteiger partial charge in [-0.2, -0.15) is 0 Å². The third-order valence-electron chi connectivity index (χ3n) is 25.1. The highest BCUT2D eigenvalue weighted by Crippen LogP contribution is 2.42. The maximum absolute atomic E-state index is 6.26. The van der Waals surface area contributed by atoms with Crippen molar-refractivity contribution in [3.63, 3.8) is 0 Å². The lowest BCUT2D eigenvalue weighted by Crippen LogP contribution is -2.31. The Balaban J connectivity index is 0.000000110. The fourth-order valence-corrected chi connectivity index (χ4v) is 17.6. The molecule has 22 aromatic rings. The number of aryl methyl sites for hydroxylation is 13. The van der Waals surface area contributed by atoms with Gasteiger partial charge in [0.05, 0.1) is 27.9 Å². The summed E-state index contributed by atoms with van der Waals surface area (Å²) >= 11 is 0. The first-order chi connectivity index (χ1) is 63.5. The van der Waals surface area contributed by atoms with E-state index in [1.54, 1.807) is 12.4 Å². The summed E-state index contributed by atoms with van der Waals surface area (Å²) in [7, 11) is 12.5. The van der Waals surface area contributed by atoms with Gasteiger partial charge in [0.1, 0.15) is 64.6 Å². The molecule has 13 heterocycles. The second-order valence-electron chi connectivity index (χ2n) is 34.8. The molecule has 131 heavy (non-hydrogen) atoms. The van der Waals surface area contributed by atoms with Crippen molar-refractivity contribution in [3.8, 4) is 89.9 Å². The number of pyridine rings is 9. The van der Waals surface area contributed by atoms with Gasteiger partial charge in [-0.15, -0.1) is 0 Å². The van der Waals surface area contributed by atoms with Crippen LogP contribution in [-0.2, 0) is 42.3 Å². The number of hydrogen-bond donors (Lipinski definition) is 0. The van der Waals surface area contributed by atoms with Crippen molar-refractivity contribution in [2.24, 2.45) is 42.3 Å². The van der Waals surface area contributed by atoms with Crippen LogP contribution < -0.4 is 27.4 Å². The summed E-state index contributed by atoms with van der Waals surface area (Å²) in [6, 6.07) is 104. The van der Waals surface area contributed by atoms with E-state index in [0.29, 0.717) is 23.3 Å². The molecule has 0 N–H and O–H groups in total. The molecule has 0 unspecified atom stereocenters. The molecule has 13 heteroatoms. The summed E-state index contributed by atoms with van der Waals surface area (Å²) in [4.78, 5) is 13.1. The molecule has 0 atom stereocenters. The number of hydrogen-bond acceptors (Lipinski definition) is 7. The SMILES string of the molecule is Cc1ccc(-c2cc[n+](C)c(-c3ccccc3C)c2)cc1.Cc1ccc2c(oc3ccccc32)c1-c1cc(C(C)C)cc[n+]1C.Cc1ccc2c(oc3ccccc32)c1-c1cccc[n+]1C.Cc1ccc2c(oc3ncccc32)c1-c1cc(C(C)C)cc[n+]1C.Cc1ccc2c(oc3ncccc32)c1-c1cccc[n+]1C.Cc1ccccc1-c1cc(-c2ccccn2)cc[n+]1C. The Kier molecular flexibility index (Phi) is 25.6. The molecular weight excluding hydrogens is 1610 g/mol. The molecule has 0 aliphatic carbocycles. The van der Waals surface area contributed by atoms with Gasteiger partial charge in [0.25, 0.3) is 0 Å². The molecule has 0 saturated heterocycles. The predicted molar refractivity (Wildman–Crippen MR) is 533 cm³/mol. The molecule has 0 bridgehead atoms. The summed E-state index contributed by atoms with van der Waals surface area (Å²) in [6.45, 7) is 23.9. The zero-order chi connectivity index (χ0) is 91.3. The lowest BCUT2D eigenvalue weighted by Gasteiger charge is -2.09. The fourth-order valence-electron chi connectivity index (χ4n) is 17.6. The van der Waals surface area contributed by atoms with Crippen LogP contribution in [0, 0.1) is 48.5 Å². The van der Waals surface area contributed by atoms with E-state index in [4.69, 9.17) is 17.7 Å². The van der Waals surface area contributed by atoms with E-state index in [1.165, 1.54) is 133 Å². The number of benzene rings is 9. The van der Waals surface area contributed by atoms with Crippen molar-refractivity contribution < 1.29 is 45.1 Å². The van der Waals surface area contributed by atoms with E-state index in [9.17, 15) is 0 Å². The van der Waals surface area contributed by atoms with Gasteiger partial charge in [-0.25, -0.2) is 37.4 Å². The van der Waals surface area contributed by atoms with Crippen molar-refractivity contribution in [1.29, 1.82) is 0 Å². The molecule has 0 saturated carbocycles. The zero-order valence-electron chi connectivity index (χ0n) is 77.8. The Morgan fingerprint density at radius 2 is 0.588 bits per heavy atom. The molecule has 0 aliphatic rings. The van der Waals surface area contributed by atoms with E-state index >= 15 is 0 Å². The van der Waals surface area contributed by atoms with Crippen molar-refractivity contribution in [3.05, 3.63) is 403 Å². The molecule has 646 valence electrons. The van der Waals surface area contributed by atoms with Crippen LogP contribution in [0.25, 0.3) is 178 Å². The molecule has 13 nitrogen and oxygen atoms in total. The number of aromatic nitrogens is 9. The lowest BCUT2D eigenvalue weighted by atomic mass is 9.97. The number of nitrogens with zero attached hydrogens (tertiary/aromatic N) is 9. The van der Waals surface area contributed by atoms with Crippen LogP contribution in [0.1, 0.15) is 89.6 Å². The lowest BCUT2D eigenvalue weighted by molar-refractivity contribution is -0.660. The maximum atomic E-state index is 6.26. The highest BCUT2D eigenvalue weighted by molar-refractivity contribution is 6.12. The average Bonchev–Trinajstić information content (AvgIpc) is 1.62. The quantitative estimate of drug-likeness (QED) is 0.125. The largest absolute Gasteiger partial charge is 0.455 e. The van der Waals surface area contributed by atoms with Crippen LogP contribution >= 0.6 is 0 Å². The molecular formula is C118H111N9O4+6. The van der Waals surface area contributed by atoms with Gasteiger partial charge in [-0.1, -0.05) is 185 Å². The molecule has 13 aromatic heterocycles. The number of furan rings is 4. The average molecular weight is 1720 g/mol. The predicted octanol–water partition coefficient (Wildman–Crippen LogP) is 26.6. The van der Waals surface area contributed by atoms with E-state index in [1.807, 2.05) is 72.9 Å². The van der Waals surface area contributed by atoms with E-state index < -0.39 is 0 Å². The van der Waals surface area contributed by atoms with Gasteiger partial charge < -0.3 is 17.7 Å². The highest BCUT2D eigenvalue weighted by atomic mass is 16.3. The first kappa shape index (κ1) is 87.6. The second kappa shape index (κ2) is 38.2. The molecule has 0 radical (unpaired) electrons. The number of fused-ring (bicyclic) bond motifs is 12. The summed E-state index contributed by atoms with van der Waals surface area (Å²) < 4.78 is 37.5. The first-order valence-corrected chi connectivity index (χ1v) is 44.9. The van der Waals surface area contributed by atoms with E-state index in [0.717, 1.165) is 83.1 Å². The Morgan fingerprint density at radius 1 is 0.237 bits per heavy atom. The Morgan fingerprint density at radius 3 is 1.02 bits per heavy atom. The van der Waals surface area contributed by atoms with Gasteiger partial charge >= 0.3 is 0 Å². The third-order valence-corrected chi connectivity index (χ3v) is 25.1. The van der Waals surface area contributed by atoms with Crippen molar-refractivity contribution in [1.82, 2.24) is 15.0 Å². The van der Waals surface area contributed by atoms with Gasteiger partial charge in [-0.3, -0.25) is 4.98 Å². The fraction of sp³-hybridized carbons (Fsp3) is 0.161. The van der Waals surface area contributed by atoms with Crippen LogP contribution in [0.2, 0.25) is 0 Å². The topological polar surface area (TPSA) is 115 Å². The van der Waals surface area contributed by atoms with Crippen molar-refractivity contribution >= 4 is 88.0 Å². The monoisotopic (exact) mass is 1720 g/mol. The maximum Gasteiger partial charge on any atom is 0.227 e. The summed E-state index contributed by atoms with van der Waals surface area (Å²) in [5.74, 6) is 0.988. The van der Waals surface area contributed by atoms with Crippen LogP contribution in [0.5, 0.6) is 0 Å². The Hall–Kier alpha value is -15.5. The van der Waals surface area contributed by atoms with Crippen LogP contribution in [0.4, 0.5) is 0 Å². The Bertz CT molecular complexity index is 7640. The minimum absolute atomic E-state index is 0.488. The van der Waals surface area contributed by atoms with Crippen molar-refractivity contribution in [2.75, 3.05) is 0 Å². The third kappa shape index (κ3) is 18.2. The smallest absolute Gasteiger partial charge is 0.227 e. The van der Waals surface area contributed by atoms with Gasteiger partial charge in [-0.05, 0) is 189 Å². The highest BCUT2D eigenvalue weighted by Gasteiger charge is 2.27. The first-order valence-electron chi connectivity index (χ1n) is 44.9. The van der Waals surface area contributed by atoms with Crippen molar-refractivity contribution in [2.45, 2.75) is 88.0 Å². The summed E-state index contributed by atoms with van der Waals surface area (Å²) in [6.07, 6.45) is 18.0. The number of rotatable bonds is 10. The zero-order valence-corrected chi connectivity index (χ0v) is 77.8. The van der Waals surface area contributed by atoms with Crippen LogP contribution in [0.15, 0.2) is 371 Å². The van der Waals surface area contributed by atoms with Gasteiger partial charge in [0.2, 0.25) is 45.6 Å². The molecule has 0 spiro atoms. The van der Waals surface area contributed by atoms with E-state index in [2.05, 4.69) is 429 Å². The van der Waals surface area contributed by atoms with E-state index in [-0.39, 0.29) is 0 Å². The molecule has 0 fully saturated rings. The normalized spacial score (nSPS) is 11.2. The van der Waals surface area contributed by atoms with Gasteiger partial charge in [0, 0.05) is 151 Å².